The molecule has 6 heteroatoms. The zero-order chi connectivity index (χ0) is 23.8. The van der Waals surface area contributed by atoms with Crippen LogP contribution in [0.1, 0.15) is 40.4 Å². The molecule has 0 spiro atoms. The van der Waals surface area contributed by atoms with Crippen molar-refractivity contribution < 1.29 is 18.7 Å². The molecule has 4 rings (SSSR count). The van der Waals surface area contributed by atoms with Crippen molar-refractivity contribution in [2.75, 3.05) is 19.6 Å². The van der Waals surface area contributed by atoms with E-state index in [1.54, 1.807) is 24.3 Å². The number of benzene rings is 2. The largest absolute Gasteiger partial charge is 0.440 e. The number of nitrogens with zero attached hydrogens (tertiary/aromatic N) is 1. The summed E-state index contributed by atoms with van der Waals surface area (Å²) < 4.78 is 19.0. The molecule has 3 aromatic carbocycles. The van der Waals surface area contributed by atoms with Gasteiger partial charge < -0.3 is 10.1 Å². The quantitative estimate of drug-likeness (QED) is 0.483. The van der Waals surface area contributed by atoms with Crippen LogP contribution in [0.5, 0.6) is 0 Å². The lowest BCUT2D eigenvalue weighted by molar-refractivity contribution is 0.0554. The summed E-state index contributed by atoms with van der Waals surface area (Å²) in [4.78, 5) is 27.5. The highest BCUT2D eigenvalue weighted by molar-refractivity contribution is 5.97. The minimum Gasteiger partial charge on any atom is -0.440 e. The normalized spacial score (nSPS) is 15.2. The first kappa shape index (κ1) is 23.5. The van der Waals surface area contributed by atoms with Crippen LogP contribution in [0.2, 0.25) is 0 Å². The molecule has 1 fully saturated rings. The van der Waals surface area contributed by atoms with E-state index in [1.165, 1.54) is 12.1 Å². The Morgan fingerprint density at radius 3 is 2.44 bits per heavy atom. The molecule has 0 aromatic heterocycles. The zero-order valence-electron chi connectivity index (χ0n) is 18.9. The molecule has 1 saturated heterocycles. The third-order valence-electron chi connectivity index (χ3n) is 6.09. The number of carbonyl (C=O) groups excluding carboxylic acids is 2. The molecule has 3 aromatic rings. The Balaban J connectivity index is 1.33. The minimum atomic E-state index is -0.483. The number of piperidine rings is 1. The second kappa shape index (κ2) is 11.4. The van der Waals surface area contributed by atoms with Gasteiger partial charge in [-0.05, 0) is 74.0 Å². The van der Waals surface area contributed by atoms with Crippen LogP contribution < -0.4 is 5.32 Å². The molecule has 0 saturated carbocycles. The van der Waals surface area contributed by atoms with Crippen molar-refractivity contribution in [1.82, 2.24) is 10.2 Å². The van der Waals surface area contributed by atoms with Gasteiger partial charge in [-0.2, -0.15) is 0 Å². The van der Waals surface area contributed by atoms with Gasteiger partial charge in [0, 0.05) is 30.1 Å². The Labute approximate surface area is 199 Å². The molecular formula is C28H27FN2O3. The number of Topliss-reactive ketones (excluding diaryl/α,β-unsaturated/α-hetero) is 1. The Morgan fingerprint density at radius 1 is 1.03 bits per heavy atom. The molecule has 34 heavy (non-hydrogen) atoms. The lowest BCUT2D eigenvalue weighted by Gasteiger charge is -2.33. The number of carbonyl (C=O) groups is 2. The molecule has 1 unspecified atom stereocenters. The van der Waals surface area contributed by atoms with E-state index in [0.29, 0.717) is 44.6 Å². The van der Waals surface area contributed by atoms with Crippen LogP contribution in [0.25, 0.3) is 0 Å². The number of nitrogens with one attached hydrogen (secondary N) is 1. The van der Waals surface area contributed by atoms with Gasteiger partial charge in [0.25, 0.3) is 0 Å². The van der Waals surface area contributed by atoms with Gasteiger partial charge in [-0.3, -0.25) is 9.69 Å². The first-order valence-electron chi connectivity index (χ1n) is 11.5. The van der Waals surface area contributed by atoms with Gasteiger partial charge in [0.15, 0.2) is 5.78 Å². The number of hydrogen-bond acceptors (Lipinski definition) is 4. The van der Waals surface area contributed by atoms with E-state index in [2.05, 4.69) is 22.3 Å². The van der Waals surface area contributed by atoms with Crippen LogP contribution in [0.4, 0.5) is 9.18 Å². The summed E-state index contributed by atoms with van der Waals surface area (Å²) in [6, 6.07) is 26.6. The van der Waals surface area contributed by atoms with Gasteiger partial charge in [0.2, 0.25) is 0 Å². The monoisotopic (exact) mass is 458 g/mol. The highest BCUT2D eigenvalue weighted by Crippen LogP contribution is 2.25. The van der Waals surface area contributed by atoms with Crippen molar-refractivity contribution >= 4 is 11.9 Å². The second-order valence-corrected chi connectivity index (χ2v) is 8.45. The van der Waals surface area contributed by atoms with E-state index in [9.17, 15) is 14.0 Å². The molecule has 1 heterocycles. The molecule has 5 nitrogen and oxygen atoms in total. The van der Waals surface area contributed by atoms with E-state index in [-0.39, 0.29) is 17.5 Å². The fraction of sp³-hybridized carbons (Fsp3) is 0.286. The number of ketones is 1. The fourth-order valence-corrected chi connectivity index (χ4v) is 4.17. The van der Waals surface area contributed by atoms with E-state index in [1.807, 2.05) is 36.4 Å². The molecule has 1 amide bonds. The predicted octanol–water partition coefficient (Wildman–Crippen LogP) is 4.99. The summed E-state index contributed by atoms with van der Waals surface area (Å²) >= 11 is 0. The number of likely N-dealkylation sites (tertiary alicyclic amines) is 1. The Bertz CT molecular complexity index is 1070. The number of alkyl carbamates (subject to hydrolysis) is 1. The summed E-state index contributed by atoms with van der Waals surface area (Å²) in [5, 5.41) is 2.81. The van der Waals surface area contributed by atoms with E-state index in [0.717, 1.165) is 11.1 Å². The summed E-state index contributed by atoms with van der Waals surface area (Å²) in [6.07, 6.45) is 0.462. The summed E-state index contributed by atoms with van der Waals surface area (Å²) in [7, 11) is 0. The molecule has 1 atom stereocenters. The predicted molar refractivity (Wildman–Crippen MR) is 127 cm³/mol. The number of halogens is 1. The van der Waals surface area contributed by atoms with Crippen LogP contribution in [0.3, 0.4) is 0 Å². The third kappa shape index (κ3) is 6.43. The first-order valence-corrected chi connectivity index (χ1v) is 11.5. The van der Waals surface area contributed by atoms with Gasteiger partial charge >= 0.3 is 6.09 Å². The van der Waals surface area contributed by atoms with Crippen molar-refractivity contribution in [3.63, 3.8) is 0 Å². The smallest absolute Gasteiger partial charge is 0.408 e. The second-order valence-electron chi connectivity index (χ2n) is 8.45. The van der Waals surface area contributed by atoms with E-state index >= 15 is 0 Å². The van der Waals surface area contributed by atoms with Gasteiger partial charge in [-0.1, -0.05) is 42.5 Å². The highest BCUT2D eigenvalue weighted by Gasteiger charge is 2.28. The Kier molecular flexibility index (Phi) is 7.90. The maximum atomic E-state index is 13.2. The van der Waals surface area contributed by atoms with Crippen LogP contribution in [0.15, 0.2) is 72.8 Å². The molecule has 1 aliphatic heterocycles. The third-order valence-corrected chi connectivity index (χ3v) is 6.09. The van der Waals surface area contributed by atoms with Crippen LogP contribution in [-0.2, 0) is 11.3 Å². The van der Waals surface area contributed by atoms with Crippen molar-refractivity contribution in [3.05, 3.63) is 107 Å². The topological polar surface area (TPSA) is 58.6 Å². The molecular weight excluding hydrogens is 431 g/mol. The number of ether oxygens (including phenoxy) is 1. The molecule has 1 aliphatic rings. The minimum absolute atomic E-state index is 0.0564. The summed E-state index contributed by atoms with van der Waals surface area (Å²) in [6.45, 7) is 2.34. The average Bonchev–Trinajstić information content (AvgIpc) is 2.89. The first-order chi connectivity index (χ1) is 16.6. The van der Waals surface area contributed by atoms with Crippen molar-refractivity contribution in [2.45, 2.75) is 25.5 Å². The lowest BCUT2D eigenvalue weighted by atomic mass is 9.88. The molecule has 1 N–H and O–H groups in total. The van der Waals surface area contributed by atoms with E-state index < -0.39 is 12.2 Å². The number of amides is 1. The molecule has 0 bridgehead atoms. The van der Waals surface area contributed by atoms with Crippen molar-refractivity contribution in [3.8, 4) is 0 Å². The highest BCUT2D eigenvalue weighted by atomic mass is 19.1. The van der Waals surface area contributed by atoms with E-state index in [4.69, 9.17) is 4.74 Å². The molecule has 0 aliphatic carbocycles. The van der Waals surface area contributed by atoms with Crippen molar-refractivity contribution in [2.24, 2.45) is 5.92 Å². The summed E-state index contributed by atoms with van der Waals surface area (Å²) in [5.74, 6) is -0.378. The Hall–Kier alpha value is -3.69. The van der Waals surface area contributed by atoms with Gasteiger partial charge in [0.05, 0.1) is 0 Å². The van der Waals surface area contributed by atoms with Crippen LogP contribution >= 0.6 is 0 Å². The molecule has 174 valence electrons. The summed E-state index contributed by atoms with van der Waals surface area (Å²) in [5.41, 5.74) is 2.39. The number of hydrogen-bond donors (Lipinski definition) is 1. The van der Waals surface area contributed by atoms with Gasteiger partial charge in [0.1, 0.15) is 11.9 Å². The van der Waals surface area contributed by atoms with Gasteiger partial charge in [-0.15, -0.1) is 0 Å². The number of rotatable bonds is 8. The SMILES string of the molecule is O=C(NCc1ccccc1)OC(CN1CCC(C(=O)c2ccc(F)cc2)CC1)c1cc#ccc1. The average molecular weight is 459 g/mol. The standard InChI is InChI=1S/C28H27FN2O3/c29-25-13-11-23(12-14-25)27(32)24-15-17-31(18-16-24)20-26(22-9-5-2-6-10-22)34-28(33)30-19-21-7-3-1-4-8-21/h1,3-5,7-14,24,26H,15-20H2,(H,30,33). The lowest BCUT2D eigenvalue weighted by Crippen LogP contribution is -2.40. The van der Waals surface area contributed by atoms with Crippen LogP contribution in [-0.4, -0.2) is 36.4 Å². The zero-order valence-corrected chi connectivity index (χ0v) is 18.9. The maximum absolute atomic E-state index is 13.2. The van der Waals surface area contributed by atoms with Gasteiger partial charge in [-0.25, -0.2) is 9.18 Å². The molecule has 0 radical (unpaired) electrons. The fourth-order valence-electron chi connectivity index (χ4n) is 4.17. The van der Waals surface area contributed by atoms with Crippen molar-refractivity contribution in [1.29, 1.82) is 0 Å². The Morgan fingerprint density at radius 2 is 1.76 bits per heavy atom. The maximum Gasteiger partial charge on any atom is 0.408 e. The van der Waals surface area contributed by atoms with Crippen LogP contribution in [0, 0.1) is 23.9 Å².